The highest BCUT2D eigenvalue weighted by molar-refractivity contribution is 6.39. The van der Waals surface area contributed by atoms with Crippen LogP contribution in [0.5, 0.6) is 0 Å². The van der Waals surface area contributed by atoms with Crippen LogP contribution < -0.4 is 4.90 Å². The van der Waals surface area contributed by atoms with Crippen LogP contribution in [0.15, 0.2) is 170 Å². The van der Waals surface area contributed by atoms with Crippen molar-refractivity contribution in [3.8, 4) is 0 Å². The fourth-order valence-corrected chi connectivity index (χ4v) is 9.70. The summed E-state index contributed by atoms with van der Waals surface area (Å²) in [5, 5.41) is 15.0. The van der Waals surface area contributed by atoms with Crippen LogP contribution >= 0.6 is 0 Å². The van der Waals surface area contributed by atoms with Crippen molar-refractivity contribution < 1.29 is 0 Å². The standard InChI is InChI=1S/C49H28N4/c1-3-16-31(17-4-1)51(32-18-5-2-6-19-32)47-34-21-10-8-15-30(34)27-39-36-23-13-24-37-43-44-41(28-50-49(43)53(45(36)37)48(39)47)52-40-25-12-11-22-35(40)38-26-29-14-7-9-20-33(29)42(44)46(38)52/h1-28H. The zero-order chi connectivity index (χ0) is 34.4. The molecule has 0 atom stereocenters. The molecule has 0 amide bonds. The Bertz CT molecular complexity index is 3580. The van der Waals surface area contributed by atoms with E-state index in [-0.39, 0.29) is 0 Å². The van der Waals surface area contributed by atoms with E-state index < -0.39 is 0 Å². The fourth-order valence-electron chi connectivity index (χ4n) is 9.70. The molecule has 0 spiro atoms. The Morgan fingerprint density at radius 1 is 0.377 bits per heavy atom. The molecule has 5 heterocycles. The van der Waals surface area contributed by atoms with Crippen LogP contribution in [0.1, 0.15) is 0 Å². The molecule has 53 heavy (non-hydrogen) atoms. The molecule has 0 bridgehead atoms. The first-order valence-electron chi connectivity index (χ1n) is 18.2. The zero-order valence-electron chi connectivity index (χ0n) is 28.5. The van der Waals surface area contributed by atoms with Gasteiger partial charge in [-0.25, -0.2) is 4.98 Å². The van der Waals surface area contributed by atoms with E-state index in [2.05, 4.69) is 184 Å². The van der Waals surface area contributed by atoms with Gasteiger partial charge in [0.05, 0.1) is 39.5 Å². The van der Waals surface area contributed by atoms with Crippen molar-refractivity contribution in [3.63, 3.8) is 0 Å². The van der Waals surface area contributed by atoms with E-state index in [1.807, 2.05) is 0 Å². The lowest BCUT2D eigenvalue weighted by Crippen LogP contribution is -2.11. The third-order valence-corrected chi connectivity index (χ3v) is 11.7. The number of anilines is 3. The Hall–Kier alpha value is -7.17. The maximum atomic E-state index is 5.48. The topological polar surface area (TPSA) is 24.9 Å². The Balaban J connectivity index is 1.30. The second-order valence-corrected chi connectivity index (χ2v) is 14.3. The SMILES string of the molecule is c1ccc(N(c2ccccc2)c2c3ccccc3cc3c4cccc5c6c7c8c9ccccc9cc9c%10ccccc%10n(c7cnc6n(c23)c45)c98)cc1. The van der Waals surface area contributed by atoms with Crippen LogP contribution in [0.3, 0.4) is 0 Å². The van der Waals surface area contributed by atoms with E-state index in [4.69, 9.17) is 4.98 Å². The smallest absolute Gasteiger partial charge is 0.146 e. The molecule has 244 valence electrons. The predicted molar refractivity (Wildman–Crippen MR) is 223 cm³/mol. The number of hydrogen-bond acceptors (Lipinski definition) is 2. The minimum absolute atomic E-state index is 0.985. The Morgan fingerprint density at radius 3 is 1.72 bits per heavy atom. The van der Waals surface area contributed by atoms with Crippen LogP contribution in [-0.2, 0) is 0 Å². The lowest BCUT2D eigenvalue weighted by atomic mass is 9.98. The van der Waals surface area contributed by atoms with Gasteiger partial charge in [-0.05, 0) is 58.6 Å². The van der Waals surface area contributed by atoms with E-state index in [1.165, 1.54) is 81.2 Å². The van der Waals surface area contributed by atoms with Crippen LogP contribution in [0.4, 0.5) is 17.1 Å². The van der Waals surface area contributed by atoms with Crippen molar-refractivity contribution >= 4 is 115 Å². The lowest BCUT2D eigenvalue weighted by molar-refractivity contribution is 1.24. The summed E-state index contributed by atoms with van der Waals surface area (Å²) >= 11 is 0. The molecule has 8 aromatic carbocycles. The van der Waals surface area contributed by atoms with Crippen LogP contribution in [0.2, 0.25) is 0 Å². The molecule has 0 aliphatic heterocycles. The van der Waals surface area contributed by atoms with Gasteiger partial charge >= 0.3 is 0 Å². The van der Waals surface area contributed by atoms with Gasteiger partial charge in [-0.2, -0.15) is 0 Å². The van der Waals surface area contributed by atoms with Gasteiger partial charge in [0, 0.05) is 59.9 Å². The molecule has 5 aromatic heterocycles. The molecule has 0 radical (unpaired) electrons. The summed E-state index contributed by atoms with van der Waals surface area (Å²) in [6.45, 7) is 0. The average Bonchev–Trinajstić information content (AvgIpc) is 3.94. The number of pyridine rings is 1. The van der Waals surface area contributed by atoms with E-state index in [0.29, 0.717) is 0 Å². The summed E-state index contributed by atoms with van der Waals surface area (Å²) in [5.41, 5.74) is 10.4. The Morgan fingerprint density at radius 2 is 0.962 bits per heavy atom. The van der Waals surface area contributed by atoms with Gasteiger partial charge in [0.1, 0.15) is 5.65 Å². The minimum Gasteiger partial charge on any atom is -0.308 e. The number of rotatable bonds is 3. The van der Waals surface area contributed by atoms with Crippen molar-refractivity contribution in [2.75, 3.05) is 4.90 Å². The van der Waals surface area contributed by atoms with Gasteiger partial charge in [0.15, 0.2) is 0 Å². The van der Waals surface area contributed by atoms with Gasteiger partial charge in [-0.15, -0.1) is 0 Å². The van der Waals surface area contributed by atoms with E-state index in [1.54, 1.807) is 0 Å². The molecule has 0 fully saturated rings. The van der Waals surface area contributed by atoms with Gasteiger partial charge in [-0.3, -0.25) is 4.40 Å². The van der Waals surface area contributed by atoms with Gasteiger partial charge in [0.25, 0.3) is 0 Å². The maximum Gasteiger partial charge on any atom is 0.146 e. The first-order chi connectivity index (χ1) is 26.3. The molecule has 13 rings (SSSR count). The second kappa shape index (κ2) is 9.78. The first kappa shape index (κ1) is 27.5. The van der Waals surface area contributed by atoms with Gasteiger partial charge < -0.3 is 9.30 Å². The molecule has 0 N–H and O–H groups in total. The third kappa shape index (κ3) is 3.34. The van der Waals surface area contributed by atoms with Crippen molar-refractivity contribution in [3.05, 3.63) is 170 Å². The molecule has 0 unspecified atom stereocenters. The molecular weight excluding hydrogens is 645 g/mol. The van der Waals surface area contributed by atoms with Crippen LogP contribution in [-0.4, -0.2) is 13.8 Å². The summed E-state index contributed by atoms with van der Waals surface area (Å²) < 4.78 is 4.94. The predicted octanol–water partition coefficient (Wildman–Crippen LogP) is 13.2. The molecule has 0 saturated carbocycles. The van der Waals surface area contributed by atoms with Crippen molar-refractivity contribution in [2.45, 2.75) is 0 Å². The van der Waals surface area contributed by atoms with Crippen LogP contribution in [0.25, 0.3) is 97.9 Å². The molecule has 0 saturated heterocycles. The number of benzene rings is 8. The summed E-state index contributed by atoms with van der Waals surface area (Å²) in [6.07, 6.45) is 2.13. The van der Waals surface area contributed by atoms with Crippen molar-refractivity contribution in [1.29, 1.82) is 0 Å². The van der Waals surface area contributed by atoms with E-state index in [9.17, 15) is 0 Å². The average molecular weight is 673 g/mol. The second-order valence-electron chi connectivity index (χ2n) is 14.3. The number of fused-ring (bicyclic) bond motifs is 16. The highest BCUT2D eigenvalue weighted by Gasteiger charge is 2.29. The number of hydrogen-bond donors (Lipinski definition) is 0. The van der Waals surface area contributed by atoms with Crippen molar-refractivity contribution in [1.82, 2.24) is 13.8 Å². The quantitative estimate of drug-likeness (QED) is 0.187. The van der Waals surface area contributed by atoms with E-state index in [0.717, 1.165) is 33.7 Å². The summed E-state index contributed by atoms with van der Waals surface area (Å²) in [6, 6.07) is 59.7. The molecular formula is C49H28N4. The Kier molecular flexibility index (Phi) is 5.08. The molecule has 0 aliphatic rings. The number of nitrogens with zero attached hydrogens (tertiary/aromatic N) is 4. The first-order valence-corrected chi connectivity index (χ1v) is 18.2. The number of aromatic nitrogens is 3. The van der Waals surface area contributed by atoms with Crippen molar-refractivity contribution in [2.24, 2.45) is 0 Å². The zero-order valence-corrected chi connectivity index (χ0v) is 28.5. The summed E-state index contributed by atoms with van der Waals surface area (Å²) in [7, 11) is 0. The minimum atomic E-state index is 0.985. The monoisotopic (exact) mass is 672 g/mol. The summed E-state index contributed by atoms with van der Waals surface area (Å²) in [5.74, 6) is 0. The van der Waals surface area contributed by atoms with E-state index >= 15 is 0 Å². The molecule has 0 aliphatic carbocycles. The lowest BCUT2D eigenvalue weighted by Gasteiger charge is -2.28. The van der Waals surface area contributed by atoms with Crippen LogP contribution in [0, 0.1) is 0 Å². The molecule has 4 heteroatoms. The largest absolute Gasteiger partial charge is 0.308 e. The highest BCUT2D eigenvalue weighted by atomic mass is 15.2. The fraction of sp³-hybridized carbons (Fsp3) is 0. The summed E-state index contributed by atoms with van der Waals surface area (Å²) in [4.78, 5) is 7.91. The molecule has 13 aromatic rings. The van der Waals surface area contributed by atoms with Gasteiger partial charge in [-0.1, -0.05) is 121 Å². The maximum absolute atomic E-state index is 5.48. The molecule has 4 nitrogen and oxygen atoms in total. The third-order valence-electron chi connectivity index (χ3n) is 11.7. The number of para-hydroxylation sites is 4. The Labute approximate surface area is 302 Å². The van der Waals surface area contributed by atoms with Gasteiger partial charge in [0.2, 0.25) is 0 Å². The highest BCUT2D eigenvalue weighted by Crippen LogP contribution is 2.51. The normalized spacial score (nSPS) is 12.5.